The number of rotatable bonds is 1. The van der Waals surface area contributed by atoms with Gasteiger partial charge in [0, 0.05) is 18.6 Å². The summed E-state index contributed by atoms with van der Waals surface area (Å²) in [6.07, 6.45) is 8.42. The molecule has 56 valence electrons. The van der Waals surface area contributed by atoms with Gasteiger partial charge in [0.25, 0.3) is 0 Å². The van der Waals surface area contributed by atoms with E-state index in [-0.39, 0.29) is 0 Å². The maximum Gasteiger partial charge on any atom is 0.155 e. The fourth-order valence-corrected chi connectivity index (χ4v) is 1.07. The van der Waals surface area contributed by atoms with Crippen LogP contribution >= 0.6 is 0 Å². The lowest BCUT2D eigenvalue weighted by Crippen LogP contribution is -1.81. The molecule has 2 aromatic heterocycles. The molecule has 0 N–H and O–H groups in total. The Labute approximate surface area is 64.7 Å². The third kappa shape index (κ3) is 0.981. The van der Waals surface area contributed by atoms with Crippen molar-refractivity contribution in [2.45, 2.75) is 13.3 Å². The van der Waals surface area contributed by atoms with E-state index < -0.39 is 0 Å². The van der Waals surface area contributed by atoms with Crippen molar-refractivity contribution in [2.75, 3.05) is 0 Å². The topological polar surface area (TPSA) is 30.2 Å². The molecule has 0 aliphatic heterocycles. The maximum absolute atomic E-state index is 4.33. The van der Waals surface area contributed by atoms with Crippen molar-refractivity contribution >= 4 is 5.65 Å². The summed E-state index contributed by atoms with van der Waals surface area (Å²) in [6.45, 7) is 2.09. The van der Waals surface area contributed by atoms with Crippen LogP contribution in [0, 0.1) is 0 Å². The number of hydrogen-bond acceptors (Lipinski definition) is 2. The quantitative estimate of drug-likeness (QED) is 0.608. The molecule has 2 heterocycles. The van der Waals surface area contributed by atoms with E-state index in [1.807, 2.05) is 16.8 Å². The maximum atomic E-state index is 4.33. The fraction of sp³-hybridized carbons (Fsp3) is 0.250. The molecule has 0 fully saturated rings. The zero-order chi connectivity index (χ0) is 7.68. The molecule has 0 atom stereocenters. The minimum Gasteiger partial charge on any atom is -0.304 e. The monoisotopic (exact) mass is 147 g/mol. The first kappa shape index (κ1) is 6.34. The van der Waals surface area contributed by atoms with Crippen LogP contribution in [-0.2, 0) is 6.42 Å². The number of nitrogens with zero attached hydrogens (tertiary/aromatic N) is 3. The fourth-order valence-electron chi connectivity index (χ4n) is 1.07. The zero-order valence-electron chi connectivity index (χ0n) is 6.36. The van der Waals surface area contributed by atoms with Crippen LogP contribution in [0.15, 0.2) is 24.8 Å². The van der Waals surface area contributed by atoms with Crippen molar-refractivity contribution in [2.24, 2.45) is 0 Å². The second-order valence-corrected chi connectivity index (χ2v) is 2.43. The molecular weight excluding hydrogens is 138 g/mol. The summed E-state index contributed by atoms with van der Waals surface area (Å²) in [5.41, 5.74) is 2.03. The highest BCUT2D eigenvalue weighted by Crippen LogP contribution is 2.02. The van der Waals surface area contributed by atoms with Gasteiger partial charge in [0.1, 0.15) is 0 Å². The largest absolute Gasteiger partial charge is 0.304 e. The normalized spacial score (nSPS) is 10.6. The summed E-state index contributed by atoms with van der Waals surface area (Å²) < 4.78 is 1.98. The standard InChI is InChI=1S/C8H9N3/c1-2-7-6-11-4-3-9-5-8(11)10-7/h3-6H,2H2,1H3. The molecule has 2 rings (SSSR count). The van der Waals surface area contributed by atoms with Gasteiger partial charge in [-0.25, -0.2) is 4.98 Å². The average molecular weight is 147 g/mol. The van der Waals surface area contributed by atoms with Crippen LogP contribution < -0.4 is 0 Å². The Bertz CT molecular complexity index is 331. The average Bonchev–Trinajstić information content (AvgIpc) is 2.46. The predicted octanol–water partition coefficient (Wildman–Crippen LogP) is 1.29. The van der Waals surface area contributed by atoms with Crippen molar-refractivity contribution in [3.05, 3.63) is 30.5 Å². The highest BCUT2D eigenvalue weighted by molar-refractivity contribution is 5.36. The van der Waals surface area contributed by atoms with Crippen molar-refractivity contribution < 1.29 is 0 Å². The van der Waals surface area contributed by atoms with Gasteiger partial charge >= 0.3 is 0 Å². The van der Waals surface area contributed by atoms with Gasteiger partial charge in [0.05, 0.1) is 11.9 Å². The molecule has 0 aliphatic rings. The lowest BCUT2D eigenvalue weighted by atomic mass is 10.4. The second kappa shape index (κ2) is 2.34. The van der Waals surface area contributed by atoms with Gasteiger partial charge < -0.3 is 4.40 Å². The molecule has 0 aromatic carbocycles. The Morgan fingerprint density at radius 1 is 1.55 bits per heavy atom. The minimum absolute atomic E-state index is 0.921. The molecule has 0 aliphatic carbocycles. The third-order valence-electron chi connectivity index (χ3n) is 1.68. The minimum atomic E-state index is 0.921. The Morgan fingerprint density at radius 3 is 3.18 bits per heavy atom. The third-order valence-corrected chi connectivity index (χ3v) is 1.68. The smallest absolute Gasteiger partial charge is 0.155 e. The van der Waals surface area contributed by atoms with E-state index in [1.165, 1.54) is 0 Å². The van der Waals surface area contributed by atoms with Gasteiger partial charge in [0.15, 0.2) is 5.65 Å². The number of aryl methyl sites for hydroxylation is 1. The van der Waals surface area contributed by atoms with Gasteiger partial charge in [-0.15, -0.1) is 0 Å². The first-order valence-corrected chi connectivity index (χ1v) is 3.67. The van der Waals surface area contributed by atoms with Gasteiger partial charge in [-0.05, 0) is 6.42 Å². The molecule has 11 heavy (non-hydrogen) atoms. The van der Waals surface area contributed by atoms with E-state index >= 15 is 0 Å². The Morgan fingerprint density at radius 2 is 2.45 bits per heavy atom. The molecule has 3 nitrogen and oxygen atoms in total. The van der Waals surface area contributed by atoms with E-state index in [9.17, 15) is 0 Å². The van der Waals surface area contributed by atoms with Crippen molar-refractivity contribution in [1.29, 1.82) is 0 Å². The molecule has 0 saturated carbocycles. The van der Waals surface area contributed by atoms with E-state index in [0.717, 1.165) is 17.8 Å². The molecule has 0 amide bonds. The summed E-state index contributed by atoms with van der Waals surface area (Å²) in [4.78, 5) is 8.31. The summed E-state index contributed by atoms with van der Waals surface area (Å²) in [7, 11) is 0. The lowest BCUT2D eigenvalue weighted by molar-refractivity contribution is 1.07. The molecule has 0 saturated heterocycles. The highest BCUT2D eigenvalue weighted by atomic mass is 15.0. The van der Waals surface area contributed by atoms with Crippen LogP contribution in [0.25, 0.3) is 5.65 Å². The number of aromatic nitrogens is 3. The summed E-state index contributed by atoms with van der Waals surface area (Å²) >= 11 is 0. The predicted molar refractivity (Wildman–Crippen MR) is 42.4 cm³/mol. The molecule has 0 bridgehead atoms. The highest BCUT2D eigenvalue weighted by Gasteiger charge is 1.96. The molecule has 0 spiro atoms. The number of fused-ring (bicyclic) bond motifs is 1. The van der Waals surface area contributed by atoms with Gasteiger partial charge in [0.2, 0.25) is 0 Å². The van der Waals surface area contributed by atoms with Crippen molar-refractivity contribution in [3.63, 3.8) is 0 Å². The zero-order valence-corrected chi connectivity index (χ0v) is 6.36. The second-order valence-electron chi connectivity index (χ2n) is 2.43. The molecular formula is C8H9N3. The van der Waals surface area contributed by atoms with E-state index in [2.05, 4.69) is 16.9 Å². The van der Waals surface area contributed by atoms with Crippen molar-refractivity contribution in [3.8, 4) is 0 Å². The van der Waals surface area contributed by atoms with Gasteiger partial charge in [-0.2, -0.15) is 0 Å². The first-order chi connectivity index (χ1) is 5.40. The van der Waals surface area contributed by atoms with Crippen LogP contribution in [0.2, 0.25) is 0 Å². The van der Waals surface area contributed by atoms with Crippen LogP contribution in [-0.4, -0.2) is 14.4 Å². The van der Waals surface area contributed by atoms with Crippen molar-refractivity contribution in [1.82, 2.24) is 14.4 Å². The van der Waals surface area contributed by atoms with E-state index in [4.69, 9.17) is 0 Å². The Balaban J connectivity index is 2.69. The summed E-state index contributed by atoms with van der Waals surface area (Å²) in [5, 5.41) is 0. The first-order valence-electron chi connectivity index (χ1n) is 3.67. The summed E-state index contributed by atoms with van der Waals surface area (Å²) in [6, 6.07) is 0. The number of hydrogen-bond donors (Lipinski definition) is 0. The molecule has 0 radical (unpaired) electrons. The van der Waals surface area contributed by atoms with Crippen LogP contribution in [0.3, 0.4) is 0 Å². The SMILES string of the molecule is CCc1cn2ccncc2n1. The number of imidazole rings is 1. The van der Waals surface area contributed by atoms with Crippen LogP contribution in [0.4, 0.5) is 0 Å². The molecule has 0 unspecified atom stereocenters. The molecule has 3 heteroatoms. The van der Waals surface area contributed by atoms with Crippen LogP contribution in [0.5, 0.6) is 0 Å². The van der Waals surface area contributed by atoms with Gasteiger partial charge in [-0.1, -0.05) is 6.92 Å². The van der Waals surface area contributed by atoms with E-state index in [1.54, 1.807) is 12.4 Å². The van der Waals surface area contributed by atoms with E-state index in [0.29, 0.717) is 0 Å². The Hall–Kier alpha value is -1.38. The lowest BCUT2D eigenvalue weighted by Gasteiger charge is -1.86. The molecule has 2 aromatic rings. The summed E-state index contributed by atoms with van der Waals surface area (Å²) in [5.74, 6) is 0. The Kier molecular flexibility index (Phi) is 1.35. The van der Waals surface area contributed by atoms with Crippen LogP contribution in [0.1, 0.15) is 12.6 Å². The van der Waals surface area contributed by atoms with Gasteiger partial charge in [-0.3, -0.25) is 4.98 Å².